The first-order valence-corrected chi connectivity index (χ1v) is 9.20. The van der Waals surface area contributed by atoms with Gasteiger partial charge in [-0.15, -0.1) is 0 Å². The van der Waals surface area contributed by atoms with E-state index in [0.29, 0.717) is 19.3 Å². The molecule has 22 heavy (non-hydrogen) atoms. The second-order valence-electron chi connectivity index (χ2n) is 6.31. The van der Waals surface area contributed by atoms with Crippen molar-refractivity contribution in [1.82, 2.24) is 0 Å². The molecule has 0 aromatic heterocycles. The minimum Gasteiger partial charge on any atom is -0.391 e. The van der Waals surface area contributed by atoms with Crippen LogP contribution in [0.15, 0.2) is 5.18 Å². The first kappa shape index (κ1) is 21.2. The molecule has 0 saturated heterocycles. The van der Waals surface area contributed by atoms with Crippen molar-refractivity contribution in [2.75, 3.05) is 0 Å². The average molecular weight is 313 g/mol. The van der Waals surface area contributed by atoms with E-state index in [2.05, 4.69) is 12.1 Å². The second-order valence-corrected chi connectivity index (χ2v) is 6.31. The van der Waals surface area contributed by atoms with Crippen LogP contribution in [0, 0.1) is 4.91 Å². The Kier molecular flexibility index (Phi) is 16.0. The molecule has 0 saturated carbocycles. The molecule has 0 bridgehead atoms. The number of hydrogen-bond donors (Lipinski definition) is 1. The van der Waals surface area contributed by atoms with E-state index in [4.69, 9.17) is 0 Å². The van der Waals surface area contributed by atoms with Crippen LogP contribution in [0.1, 0.15) is 96.8 Å². The van der Waals surface area contributed by atoms with Crippen molar-refractivity contribution in [3.8, 4) is 0 Å². The molecule has 0 aliphatic heterocycles. The molecule has 0 radical (unpaired) electrons. The highest BCUT2D eigenvalue weighted by Crippen LogP contribution is 2.17. The number of nitrogens with zero attached hydrogens (tertiary/aromatic N) is 1. The average Bonchev–Trinajstić information content (AvgIpc) is 2.53. The molecular formula is C18H35NO3. The van der Waals surface area contributed by atoms with E-state index in [1.54, 1.807) is 0 Å². The molecule has 0 heterocycles. The van der Waals surface area contributed by atoms with Gasteiger partial charge in [0.25, 0.3) is 0 Å². The summed E-state index contributed by atoms with van der Waals surface area (Å²) in [4.78, 5) is 21.0. The zero-order chi connectivity index (χ0) is 16.5. The maximum atomic E-state index is 10.9. The Labute approximate surface area is 136 Å². The first-order valence-electron chi connectivity index (χ1n) is 9.20. The number of nitroso groups, excluding NO2 is 1. The van der Waals surface area contributed by atoms with Crippen molar-refractivity contribution in [2.24, 2.45) is 5.18 Å². The van der Waals surface area contributed by atoms with Gasteiger partial charge in [0.2, 0.25) is 0 Å². The normalized spacial score (nSPS) is 13.7. The van der Waals surface area contributed by atoms with Crippen LogP contribution < -0.4 is 0 Å². The number of aldehydes is 1. The van der Waals surface area contributed by atoms with E-state index in [0.717, 1.165) is 44.8 Å². The maximum absolute atomic E-state index is 10.9. The van der Waals surface area contributed by atoms with Gasteiger partial charge in [-0.3, -0.25) is 0 Å². The summed E-state index contributed by atoms with van der Waals surface area (Å²) in [6, 6.07) is -0.422. The Morgan fingerprint density at radius 2 is 1.41 bits per heavy atom. The zero-order valence-electron chi connectivity index (χ0n) is 14.3. The van der Waals surface area contributed by atoms with Crippen LogP contribution in [0.25, 0.3) is 0 Å². The Hall–Kier alpha value is -0.770. The van der Waals surface area contributed by atoms with Crippen molar-refractivity contribution >= 4 is 6.29 Å². The van der Waals surface area contributed by atoms with Gasteiger partial charge in [-0.1, -0.05) is 76.3 Å². The fraction of sp³-hybridized carbons (Fsp3) is 0.944. The number of hydrogen-bond acceptors (Lipinski definition) is 4. The molecule has 2 unspecified atom stereocenters. The lowest BCUT2D eigenvalue weighted by molar-refractivity contribution is -0.107. The maximum Gasteiger partial charge on any atom is 0.119 e. The summed E-state index contributed by atoms with van der Waals surface area (Å²) in [6.45, 7) is 2.16. The van der Waals surface area contributed by atoms with E-state index in [1.165, 1.54) is 32.1 Å². The lowest BCUT2D eigenvalue weighted by atomic mass is 9.98. The molecule has 4 heteroatoms. The summed E-state index contributed by atoms with van der Waals surface area (Å²) in [5, 5.41) is 13.1. The SMILES string of the molecule is CCCCCCC(O)C(CCCCCCCCCC=O)N=O. The van der Waals surface area contributed by atoms with Crippen molar-refractivity contribution in [3.05, 3.63) is 4.91 Å². The third-order valence-corrected chi connectivity index (χ3v) is 4.25. The molecule has 2 atom stereocenters. The molecule has 0 aromatic carbocycles. The standard InChI is InChI=1S/C18H35NO3/c1-2-3-4-12-15-18(21)17(19-22)14-11-9-7-5-6-8-10-13-16-20/h16-18,21H,2-15H2,1H3. The molecule has 0 rings (SSSR count). The summed E-state index contributed by atoms with van der Waals surface area (Å²) in [6.07, 6.45) is 14.8. The first-order chi connectivity index (χ1) is 10.8. The monoisotopic (exact) mass is 313 g/mol. The Bertz CT molecular complexity index is 259. The van der Waals surface area contributed by atoms with Gasteiger partial charge in [0.15, 0.2) is 0 Å². The highest BCUT2D eigenvalue weighted by Gasteiger charge is 2.18. The molecule has 0 spiro atoms. The number of carbonyl (C=O) groups is 1. The van der Waals surface area contributed by atoms with Crippen LogP contribution in [0.5, 0.6) is 0 Å². The number of rotatable bonds is 17. The molecule has 4 nitrogen and oxygen atoms in total. The second kappa shape index (κ2) is 16.6. The van der Waals surface area contributed by atoms with Crippen LogP contribution in [0.4, 0.5) is 0 Å². The van der Waals surface area contributed by atoms with Crippen LogP contribution in [-0.2, 0) is 4.79 Å². The highest BCUT2D eigenvalue weighted by molar-refractivity contribution is 5.48. The van der Waals surface area contributed by atoms with Crippen LogP contribution >= 0.6 is 0 Å². The molecule has 130 valence electrons. The van der Waals surface area contributed by atoms with Gasteiger partial charge < -0.3 is 9.90 Å². The lowest BCUT2D eigenvalue weighted by Gasteiger charge is -2.16. The third-order valence-electron chi connectivity index (χ3n) is 4.25. The van der Waals surface area contributed by atoms with Gasteiger partial charge in [-0.25, -0.2) is 0 Å². The number of aliphatic hydroxyl groups is 1. The van der Waals surface area contributed by atoms with Gasteiger partial charge in [0.1, 0.15) is 12.3 Å². The van der Waals surface area contributed by atoms with E-state index in [9.17, 15) is 14.8 Å². The summed E-state index contributed by atoms with van der Waals surface area (Å²) in [5.74, 6) is 0. The number of aliphatic hydroxyl groups excluding tert-OH is 1. The van der Waals surface area contributed by atoms with Gasteiger partial charge in [-0.2, -0.15) is 4.91 Å². The van der Waals surface area contributed by atoms with Gasteiger partial charge in [-0.05, 0) is 19.3 Å². The lowest BCUT2D eigenvalue weighted by Crippen LogP contribution is -2.23. The Morgan fingerprint density at radius 1 is 0.864 bits per heavy atom. The zero-order valence-corrected chi connectivity index (χ0v) is 14.3. The molecule has 0 aromatic rings. The number of unbranched alkanes of at least 4 members (excludes halogenated alkanes) is 10. The molecule has 1 N–H and O–H groups in total. The van der Waals surface area contributed by atoms with E-state index >= 15 is 0 Å². The predicted octanol–water partition coefficient (Wildman–Crippen LogP) is 5.16. The molecule has 0 fully saturated rings. The minimum atomic E-state index is -0.558. The van der Waals surface area contributed by atoms with E-state index in [-0.39, 0.29) is 0 Å². The fourth-order valence-corrected chi connectivity index (χ4v) is 2.75. The van der Waals surface area contributed by atoms with Gasteiger partial charge in [0.05, 0.1) is 6.10 Å². The fourth-order valence-electron chi connectivity index (χ4n) is 2.75. The molecule has 0 aliphatic rings. The summed E-state index contributed by atoms with van der Waals surface area (Å²) < 4.78 is 0. The smallest absolute Gasteiger partial charge is 0.119 e. The van der Waals surface area contributed by atoms with Crippen molar-refractivity contribution in [3.63, 3.8) is 0 Å². The minimum absolute atomic E-state index is 0.422. The quantitative estimate of drug-likeness (QED) is 0.229. The van der Waals surface area contributed by atoms with Gasteiger partial charge in [0, 0.05) is 6.42 Å². The van der Waals surface area contributed by atoms with Crippen LogP contribution in [-0.4, -0.2) is 23.5 Å². The van der Waals surface area contributed by atoms with E-state index < -0.39 is 12.1 Å². The summed E-state index contributed by atoms with van der Waals surface area (Å²) >= 11 is 0. The number of carbonyl (C=O) groups excluding carboxylic acids is 1. The largest absolute Gasteiger partial charge is 0.391 e. The van der Waals surface area contributed by atoms with Gasteiger partial charge >= 0.3 is 0 Å². The predicted molar refractivity (Wildman–Crippen MR) is 92.0 cm³/mol. The van der Waals surface area contributed by atoms with Crippen molar-refractivity contribution in [1.29, 1.82) is 0 Å². The van der Waals surface area contributed by atoms with Crippen LogP contribution in [0.2, 0.25) is 0 Å². The molecule has 0 amide bonds. The summed E-state index contributed by atoms with van der Waals surface area (Å²) in [5.41, 5.74) is 0. The van der Waals surface area contributed by atoms with Crippen molar-refractivity contribution < 1.29 is 9.90 Å². The van der Waals surface area contributed by atoms with E-state index in [1.807, 2.05) is 0 Å². The Balaban J connectivity index is 3.51. The van der Waals surface area contributed by atoms with Crippen molar-refractivity contribution in [2.45, 2.75) is 109 Å². The highest BCUT2D eigenvalue weighted by atomic mass is 16.3. The Morgan fingerprint density at radius 3 is 2.00 bits per heavy atom. The molecule has 0 aliphatic carbocycles. The van der Waals surface area contributed by atoms with Crippen LogP contribution in [0.3, 0.4) is 0 Å². The summed E-state index contributed by atoms with van der Waals surface area (Å²) in [7, 11) is 0. The molecular weight excluding hydrogens is 278 g/mol. The third kappa shape index (κ3) is 12.9. The topological polar surface area (TPSA) is 66.7 Å².